The first kappa shape index (κ1) is 10.6. The van der Waals surface area contributed by atoms with E-state index in [4.69, 9.17) is 5.11 Å². The fraction of sp³-hybridized carbons (Fsp3) is 0.300. The van der Waals surface area contributed by atoms with Crippen molar-refractivity contribution in [2.45, 2.75) is 12.8 Å². The standard InChI is InChI=1S/C10H10F2O2/c1-7(9(13)14)10(11,12)8-5-3-2-4-6-8/h2-7H,1H3,(H,13,14)/t7-/m0/s1. The average Bonchev–Trinajstić information content (AvgIpc) is 2.18. The van der Waals surface area contributed by atoms with E-state index in [-0.39, 0.29) is 5.56 Å². The zero-order valence-corrected chi connectivity index (χ0v) is 7.58. The van der Waals surface area contributed by atoms with Crippen molar-refractivity contribution in [1.82, 2.24) is 0 Å². The Hall–Kier alpha value is -1.45. The predicted molar refractivity (Wildman–Crippen MR) is 47.1 cm³/mol. The van der Waals surface area contributed by atoms with Crippen LogP contribution < -0.4 is 0 Å². The molecule has 0 bridgehead atoms. The number of hydrogen-bond acceptors (Lipinski definition) is 1. The second-order valence-corrected chi connectivity index (χ2v) is 3.05. The number of carbonyl (C=O) groups is 1. The molecule has 2 nitrogen and oxygen atoms in total. The quantitative estimate of drug-likeness (QED) is 0.813. The van der Waals surface area contributed by atoms with E-state index < -0.39 is 17.8 Å². The fourth-order valence-electron chi connectivity index (χ4n) is 1.07. The number of hydrogen-bond donors (Lipinski definition) is 1. The largest absolute Gasteiger partial charge is 0.481 e. The molecule has 76 valence electrons. The van der Waals surface area contributed by atoms with Crippen LogP contribution in [0.4, 0.5) is 8.78 Å². The number of carboxylic acid groups (broad SMARTS) is 1. The fourth-order valence-corrected chi connectivity index (χ4v) is 1.07. The van der Waals surface area contributed by atoms with Crippen molar-refractivity contribution in [3.05, 3.63) is 35.9 Å². The minimum absolute atomic E-state index is 0.269. The smallest absolute Gasteiger partial charge is 0.312 e. The van der Waals surface area contributed by atoms with Crippen LogP contribution in [0.2, 0.25) is 0 Å². The van der Waals surface area contributed by atoms with Crippen molar-refractivity contribution in [3.63, 3.8) is 0 Å². The Labute approximate surface area is 80.2 Å². The maximum absolute atomic E-state index is 13.4. The highest BCUT2D eigenvalue weighted by Gasteiger charge is 2.42. The Morgan fingerprint density at radius 1 is 1.36 bits per heavy atom. The van der Waals surface area contributed by atoms with E-state index in [0.29, 0.717) is 0 Å². The van der Waals surface area contributed by atoms with Gasteiger partial charge in [0.2, 0.25) is 0 Å². The third-order valence-corrected chi connectivity index (χ3v) is 2.07. The van der Waals surface area contributed by atoms with Crippen LogP contribution in [-0.2, 0) is 10.7 Å². The van der Waals surface area contributed by atoms with Gasteiger partial charge >= 0.3 is 5.97 Å². The molecule has 1 aromatic rings. The molecule has 0 radical (unpaired) electrons. The minimum Gasteiger partial charge on any atom is -0.481 e. The molecule has 0 saturated carbocycles. The molecule has 4 heteroatoms. The lowest BCUT2D eigenvalue weighted by molar-refractivity contribution is -0.156. The van der Waals surface area contributed by atoms with Gasteiger partial charge in [-0.15, -0.1) is 0 Å². The van der Waals surface area contributed by atoms with Crippen molar-refractivity contribution in [1.29, 1.82) is 0 Å². The highest BCUT2D eigenvalue weighted by molar-refractivity contribution is 5.71. The summed E-state index contributed by atoms with van der Waals surface area (Å²) in [6.07, 6.45) is 0. The summed E-state index contributed by atoms with van der Waals surface area (Å²) in [7, 11) is 0. The van der Waals surface area contributed by atoms with Crippen LogP contribution in [0.1, 0.15) is 12.5 Å². The van der Waals surface area contributed by atoms with Gasteiger partial charge < -0.3 is 5.11 Å². The van der Waals surface area contributed by atoms with Gasteiger partial charge in [0.15, 0.2) is 0 Å². The summed E-state index contributed by atoms with van der Waals surface area (Å²) in [6, 6.07) is 6.96. The Balaban J connectivity index is 3.02. The van der Waals surface area contributed by atoms with Crippen LogP contribution in [0.15, 0.2) is 30.3 Å². The van der Waals surface area contributed by atoms with E-state index in [1.165, 1.54) is 24.3 Å². The van der Waals surface area contributed by atoms with Gasteiger partial charge in [-0.3, -0.25) is 4.79 Å². The highest BCUT2D eigenvalue weighted by Crippen LogP contribution is 2.35. The number of halogens is 2. The Bertz CT molecular complexity index is 322. The Kier molecular flexibility index (Phi) is 2.84. The predicted octanol–water partition coefficient (Wildman–Crippen LogP) is 2.50. The van der Waals surface area contributed by atoms with Gasteiger partial charge in [0.05, 0.1) is 0 Å². The topological polar surface area (TPSA) is 37.3 Å². The molecule has 0 unspecified atom stereocenters. The molecule has 0 fully saturated rings. The lowest BCUT2D eigenvalue weighted by atomic mass is 9.96. The monoisotopic (exact) mass is 200 g/mol. The van der Waals surface area contributed by atoms with Crippen LogP contribution in [-0.4, -0.2) is 11.1 Å². The van der Waals surface area contributed by atoms with Gasteiger partial charge in [-0.1, -0.05) is 30.3 Å². The Morgan fingerprint density at radius 3 is 2.29 bits per heavy atom. The molecular weight excluding hydrogens is 190 g/mol. The van der Waals surface area contributed by atoms with Crippen molar-refractivity contribution < 1.29 is 18.7 Å². The van der Waals surface area contributed by atoms with Gasteiger partial charge in [0, 0.05) is 5.56 Å². The van der Waals surface area contributed by atoms with E-state index in [1.807, 2.05) is 0 Å². The maximum atomic E-state index is 13.4. The number of aliphatic carboxylic acids is 1. The van der Waals surface area contributed by atoms with Gasteiger partial charge in [-0.25, -0.2) is 8.78 Å². The molecule has 0 amide bonds. The van der Waals surface area contributed by atoms with Gasteiger partial charge in [0.1, 0.15) is 5.92 Å². The molecular formula is C10H10F2O2. The summed E-state index contributed by atoms with van der Waals surface area (Å²) >= 11 is 0. The van der Waals surface area contributed by atoms with Crippen molar-refractivity contribution in [3.8, 4) is 0 Å². The van der Waals surface area contributed by atoms with E-state index >= 15 is 0 Å². The average molecular weight is 200 g/mol. The molecule has 0 aliphatic heterocycles. The molecule has 1 rings (SSSR count). The van der Waals surface area contributed by atoms with Crippen molar-refractivity contribution in [2.24, 2.45) is 5.92 Å². The number of carboxylic acids is 1. The van der Waals surface area contributed by atoms with Crippen LogP contribution in [0.3, 0.4) is 0 Å². The number of rotatable bonds is 3. The lowest BCUT2D eigenvalue weighted by Crippen LogP contribution is -2.29. The summed E-state index contributed by atoms with van der Waals surface area (Å²) < 4.78 is 26.8. The molecule has 0 aromatic heterocycles. The van der Waals surface area contributed by atoms with Gasteiger partial charge in [0.25, 0.3) is 5.92 Å². The zero-order valence-electron chi connectivity index (χ0n) is 7.58. The molecule has 14 heavy (non-hydrogen) atoms. The second-order valence-electron chi connectivity index (χ2n) is 3.05. The molecule has 0 spiro atoms. The van der Waals surface area contributed by atoms with E-state index in [1.54, 1.807) is 6.07 Å². The minimum atomic E-state index is -3.33. The van der Waals surface area contributed by atoms with E-state index in [0.717, 1.165) is 6.92 Å². The molecule has 1 atom stereocenters. The molecule has 1 N–H and O–H groups in total. The lowest BCUT2D eigenvalue weighted by Gasteiger charge is -2.20. The first-order valence-electron chi connectivity index (χ1n) is 4.12. The second kappa shape index (κ2) is 3.74. The highest BCUT2D eigenvalue weighted by atomic mass is 19.3. The summed E-state index contributed by atoms with van der Waals surface area (Å²) in [5, 5.41) is 8.50. The summed E-state index contributed by atoms with van der Waals surface area (Å²) in [5.74, 6) is -6.55. The zero-order chi connectivity index (χ0) is 10.8. The van der Waals surface area contributed by atoms with Gasteiger partial charge in [-0.05, 0) is 6.92 Å². The van der Waals surface area contributed by atoms with Crippen molar-refractivity contribution in [2.75, 3.05) is 0 Å². The summed E-state index contributed by atoms with van der Waals surface area (Å²) in [5.41, 5.74) is -0.269. The third-order valence-electron chi connectivity index (χ3n) is 2.07. The van der Waals surface area contributed by atoms with Crippen molar-refractivity contribution >= 4 is 5.97 Å². The SMILES string of the molecule is C[C@@H](C(=O)O)C(F)(F)c1ccccc1. The summed E-state index contributed by atoms with van der Waals surface area (Å²) in [4.78, 5) is 10.4. The number of alkyl halides is 2. The molecule has 0 saturated heterocycles. The van der Waals surface area contributed by atoms with Gasteiger partial charge in [-0.2, -0.15) is 0 Å². The summed E-state index contributed by atoms with van der Waals surface area (Å²) in [6.45, 7) is 0.995. The Morgan fingerprint density at radius 2 is 1.86 bits per heavy atom. The maximum Gasteiger partial charge on any atom is 0.312 e. The normalized spacial score (nSPS) is 13.6. The third kappa shape index (κ3) is 1.89. The first-order valence-corrected chi connectivity index (χ1v) is 4.12. The molecule has 1 aromatic carbocycles. The van der Waals surface area contributed by atoms with Crippen LogP contribution in [0.25, 0.3) is 0 Å². The molecule has 0 aliphatic rings. The van der Waals surface area contributed by atoms with E-state index in [2.05, 4.69) is 0 Å². The van der Waals surface area contributed by atoms with Crippen LogP contribution in [0.5, 0.6) is 0 Å². The molecule has 0 heterocycles. The van der Waals surface area contributed by atoms with E-state index in [9.17, 15) is 13.6 Å². The number of benzene rings is 1. The van der Waals surface area contributed by atoms with Crippen LogP contribution >= 0.6 is 0 Å². The van der Waals surface area contributed by atoms with Crippen LogP contribution in [0, 0.1) is 5.92 Å². The molecule has 0 aliphatic carbocycles. The first-order chi connectivity index (χ1) is 6.46.